The van der Waals surface area contributed by atoms with Crippen LogP contribution in [0.5, 0.6) is 5.75 Å². The van der Waals surface area contributed by atoms with E-state index in [1.54, 1.807) is 13.1 Å². The zero-order chi connectivity index (χ0) is 13.5. The molecule has 0 spiro atoms. The summed E-state index contributed by atoms with van der Waals surface area (Å²) < 4.78 is 18.7. The molecule has 2 N–H and O–H groups in total. The summed E-state index contributed by atoms with van der Waals surface area (Å²) in [6, 6.07) is 4.48. The van der Waals surface area contributed by atoms with Gasteiger partial charge in [0.05, 0.1) is 13.0 Å². The number of hydrogen-bond acceptors (Lipinski definition) is 3. The van der Waals surface area contributed by atoms with Crippen LogP contribution in [0.4, 0.5) is 4.39 Å². The fourth-order valence-electron chi connectivity index (χ4n) is 1.53. The maximum atomic E-state index is 13.2. The van der Waals surface area contributed by atoms with Gasteiger partial charge in [0.1, 0.15) is 11.6 Å². The Labute approximate surface area is 107 Å². The van der Waals surface area contributed by atoms with Gasteiger partial charge in [-0.3, -0.25) is 4.79 Å². The van der Waals surface area contributed by atoms with Gasteiger partial charge in [-0.2, -0.15) is 0 Å². The van der Waals surface area contributed by atoms with E-state index in [-0.39, 0.29) is 30.8 Å². The van der Waals surface area contributed by atoms with E-state index in [9.17, 15) is 9.18 Å². The number of amides is 1. The minimum atomic E-state index is -0.350. The summed E-state index contributed by atoms with van der Waals surface area (Å²) in [5.74, 6) is 0.0207. The predicted molar refractivity (Wildman–Crippen MR) is 68.1 cm³/mol. The van der Waals surface area contributed by atoms with Crippen molar-refractivity contribution < 1.29 is 13.9 Å². The Kier molecular flexibility index (Phi) is 5.58. The molecule has 1 atom stereocenters. The molecule has 4 nitrogen and oxygen atoms in total. The summed E-state index contributed by atoms with van der Waals surface area (Å²) in [5.41, 5.74) is 0.871. The van der Waals surface area contributed by atoms with Crippen LogP contribution in [0, 0.1) is 5.82 Å². The van der Waals surface area contributed by atoms with Crippen LogP contribution in [-0.2, 0) is 4.79 Å². The van der Waals surface area contributed by atoms with Gasteiger partial charge >= 0.3 is 0 Å². The smallest absolute Gasteiger partial charge is 0.223 e. The summed E-state index contributed by atoms with van der Waals surface area (Å²) in [5, 5.41) is 5.58. The minimum absolute atomic E-state index is 0.0561. The average molecular weight is 254 g/mol. The Hall–Kier alpha value is -1.62. The largest absolute Gasteiger partial charge is 0.493 e. The summed E-state index contributed by atoms with van der Waals surface area (Å²) >= 11 is 0. The van der Waals surface area contributed by atoms with Crippen LogP contribution in [0.15, 0.2) is 18.2 Å². The molecular weight excluding hydrogens is 235 g/mol. The fraction of sp³-hybridized carbons (Fsp3) is 0.462. The molecule has 0 fully saturated rings. The molecule has 1 aromatic rings. The highest BCUT2D eigenvalue weighted by Crippen LogP contribution is 2.26. The maximum Gasteiger partial charge on any atom is 0.223 e. The monoisotopic (exact) mass is 254 g/mol. The van der Waals surface area contributed by atoms with Gasteiger partial charge in [0.25, 0.3) is 0 Å². The second-order valence-electron chi connectivity index (χ2n) is 3.96. The van der Waals surface area contributed by atoms with Gasteiger partial charge in [0, 0.05) is 24.7 Å². The molecule has 0 aliphatic carbocycles. The van der Waals surface area contributed by atoms with Crippen molar-refractivity contribution in [2.75, 3.05) is 20.7 Å². The molecule has 0 bridgehead atoms. The van der Waals surface area contributed by atoms with Gasteiger partial charge in [0.15, 0.2) is 0 Å². The first-order valence-corrected chi connectivity index (χ1v) is 5.88. The van der Waals surface area contributed by atoms with Crippen molar-refractivity contribution in [2.45, 2.75) is 19.4 Å². The first-order valence-electron chi connectivity index (χ1n) is 5.88. The molecule has 0 radical (unpaired) electrons. The highest BCUT2D eigenvalue weighted by Gasteiger charge is 2.11. The van der Waals surface area contributed by atoms with Gasteiger partial charge in [-0.1, -0.05) is 6.07 Å². The van der Waals surface area contributed by atoms with E-state index in [0.29, 0.717) is 5.75 Å². The third-order valence-corrected chi connectivity index (χ3v) is 2.74. The van der Waals surface area contributed by atoms with Crippen LogP contribution in [0.25, 0.3) is 0 Å². The molecule has 0 heterocycles. The molecule has 100 valence electrons. The second-order valence-corrected chi connectivity index (χ2v) is 3.96. The number of nitrogens with one attached hydrogen (secondary N) is 2. The number of carbonyl (C=O) groups is 1. The lowest BCUT2D eigenvalue weighted by molar-refractivity contribution is -0.121. The van der Waals surface area contributed by atoms with E-state index in [4.69, 9.17) is 4.74 Å². The SMILES string of the molecule is CNC(=O)CCOc1cc(F)ccc1C(C)NC. The normalized spacial score (nSPS) is 12.0. The number of rotatable bonds is 6. The zero-order valence-electron chi connectivity index (χ0n) is 10.9. The van der Waals surface area contributed by atoms with Crippen molar-refractivity contribution in [3.8, 4) is 5.75 Å². The summed E-state index contributed by atoms with van der Waals surface area (Å²) in [6.07, 6.45) is 0.250. The number of carbonyl (C=O) groups excluding carboxylic acids is 1. The number of ether oxygens (including phenoxy) is 1. The predicted octanol–water partition coefficient (Wildman–Crippen LogP) is 1.62. The Bertz CT molecular complexity index is 410. The van der Waals surface area contributed by atoms with Gasteiger partial charge in [-0.15, -0.1) is 0 Å². The van der Waals surface area contributed by atoms with E-state index in [1.807, 2.05) is 14.0 Å². The standard InChI is InChI=1S/C13H19FN2O2/c1-9(15-2)11-5-4-10(14)8-12(11)18-7-6-13(17)16-3/h4-5,8-9,15H,6-7H2,1-3H3,(H,16,17). The van der Waals surface area contributed by atoms with Crippen LogP contribution in [-0.4, -0.2) is 26.6 Å². The molecule has 18 heavy (non-hydrogen) atoms. The molecule has 1 aromatic carbocycles. The average Bonchev–Trinajstić information content (AvgIpc) is 2.37. The van der Waals surface area contributed by atoms with E-state index >= 15 is 0 Å². The summed E-state index contributed by atoms with van der Waals surface area (Å²) in [7, 11) is 3.39. The van der Waals surface area contributed by atoms with Crippen molar-refractivity contribution in [1.82, 2.24) is 10.6 Å². The van der Waals surface area contributed by atoms with Crippen molar-refractivity contribution in [1.29, 1.82) is 0 Å². The highest BCUT2D eigenvalue weighted by atomic mass is 19.1. The molecular formula is C13H19FN2O2. The fourth-order valence-corrected chi connectivity index (χ4v) is 1.53. The Morgan fingerprint density at radius 2 is 2.17 bits per heavy atom. The zero-order valence-corrected chi connectivity index (χ0v) is 10.9. The first kappa shape index (κ1) is 14.4. The van der Waals surface area contributed by atoms with E-state index in [0.717, 1.165) is 5.56 Å². The van der Waals surface area contributed by atoms with Crippen LogP contribution in [0.2, 0.25) is 0 Å². The lowest BCUT2D eigenvalue weighted by atomic mass is 10.1. The van der Waals surface area contributed by atoms with Gasteiger partial charge in [-0.25, -0.2) is 4.39 Å². The number of benzene rings is 1. The minimum Gasteiger partial charge on any atom is -0.493 e. The van der Waals surface area contributed by atoms with Crippen molar-refractivity contribution in [3.05, 3.63) is 29.6 Å². The first-order chi connectivity index (χ1) is 8.58. The highest BCUT2D eigenvalue weighted by molar-refractivity contribution is 5.75. The molecule has 1 amide bonds. The second kappa shape index (κ2) is 6.96. The molecule has 0 saturated carbocycles. The third kappa shape index (κ3) is 4.00. The van der Waals surface area contributed by atoms with Crippen LogP contribution < -0.4 is 15.4 Å². The molecule has 0 aromatic heterocycles. The van der Waals surface area contributed by atoms with E-state index in [2.05, 4.69) is 10.6 Å². The quantitative estimate of drug-likeness (QED) is 0.811. The molecule has 1 unspecified atom stereocenters. The van der Waals surface area contributed by atoms with Crippen molar-refractivity contribution in [2.24, 2.45) is 0 Å². The van der Waals surface area contributed by atoms with Crippen LogP contribution in [0.1, 0.15) is 24.9 Å². The molecule has 0 aliphatic heterocycles. The Balaban J connectivity index is 2.73. The topological polar surface area (TPSA) is 50.4 Å². The summed E-state index contributed by atoms with van der Waals surface area (Å²) in [6.45, 7) is 2.19. The molecule has 5 heteroatoms. The van der Waals surface area contributed by atoms with E-state index in [1.165, 1.54) is 12.1 Å². The lowest BCUT2D eigenvalue weighted by Crippen LogP contribution is -2.20. The van der Waals surface area contributed by atoms with Crippen molar-refractivity contribution in [3.63, 3.8) is 0 Å². The van der Waals surface area contributed by atoms with Crippen LogP contribution in [0.3, 0.4) is 0 Å². The van der Waals surface area contributed by atoms with Crippen molar-refractivity contribution >= 4 is 5.91 Å². The molecule has 0 saturated heterocycles. The summed E-state index contributed by atoms with van der Waals surface area (Å²) in [4.78, 5) is 11.1. The van der Waals surface area contributed by atoms with E-state index < -0.39 is 0 Å². The molecule has 0 aliphatic rings. The Morgan fingerprint density at radius 3 is 2.78 bits per heavy atom. The van der Waals surface area contributed by atoms with Crippen LogP contribution >= 0.6 is 0 Å². The number of halogens is 1. The third-order valence-electron chi connectivity index (χ3n) is 2.74. The van der Waals surface area contributed by atoms with Gasteiger partial charge in [0.2, 0.25) is 5.91 Å². The van der Waals surface area contributed by atoms with Gasteiger partial charge < -0.3 is 15.4 Å². The van der Waals surface area contributed by atoms with Gasteiger partial charge in [-0.05, 0) is 20.0 Å². The maximum absolute atomic E-state index is 13.2. The number of hydrogen-bond donors (Lipinski definition) is 2. The molecule has 1 rings (SSSR count). The lowest BCUT2D eigenvalue weighted by Gasteiger charge is -2.16. The Morgan fingerprint density at radius 1 is 1.44 bits per heavy atom.